The Morgan fingerprint density at radius 2 is 2.30 bits per heavy atom. The molecule has 1 rings (SSSR count). The Labute approximate surface area is 62.1 Å². The molecule has 10 heavy (non-hydrogen) atoms. The quantitative estimate of drug-likeness (QED) is 0.590. The van der Waals surface area contributed by atoms with Crippen LogP contribution in [0, 0.1) is 0 Å². The zero-order valence-electron chi connectivity index (χ0n) is 6.65. The second-order valence-electron chi connectivity index (χ2n) is 2.75. The molecule has 1 aliphatic rings. The maximum absolute atomic E-state index is 9.45. The Balaban J connectivity index is 2.83. The van der Waals surface area contributed by atoms with Crippen LogP contribution in [0.15, 0.2) is 23.0 Å². The van der Waals surface area contributed by atoms with Crippen molar-refractivity contribution in [1.82, 2.24) is 0 Å². The predicted octanol–water partition coefficient (Wildman–Crippen LogP) is 2.95. The van der Waals surface area contributed by atoms with Gasteiger partial charge in [0.15, 0.2) is 0 Å². The van der Waals surface area contributed by atoms with E-state index in [0.29, 0.717) is 5.76 Å². The number of hydrogen-bond acceptors (Lipinski definition) is 1. The average Bonchev–Trinajstić information content (AvgIpc) is 1.95. The molecule has 0 saturated carbocycles. The fraction of sp³-hybridized carbons (Fsp3) is 0.556. The molecule has 1 heteroatoms. The smallest absolute Gasteiger partial charge is 0.117 e. The normalized spacial score (nSPS) is 19.2. The van der Waals surface area contributed by atoms with Gasteiger partial charge >= 0.3 is 0 Å². The van der Waals surface area contributed by atoms with Crippen molar-refractivity contribution in [2.45, 2.75) is 33.1 Å². The number of aliphatic hydroxyl groups is 1. The van der Waals surface area contributed by atoms with Crippen LogP contribution in [-0.4, -0.2) is 5.11 Å². The zero-order chi connectivity index (χ0) is 7.56. The van der Waals surface area contributed by atoms with Gasteiger partial charge in [0.2, 0.25) is 0 Å². The summed E-state index contributed by atoms with van der Waals surface area (Å²) in [6.45, 7) is 4.07. The summed E-state index contributed by atoms with van der Waals surface area (Å²) in [6, 6.07) is 0. The van der Waals surface area contributed by atoms with E-state index in [4.69, 9.17) is 0 Å². The molecule has 1 nitrogen and oxygen atoms in total. The molecule has 1 aliphatic carbocycles. The van der Waals surface area contributed by atoms with Gasteiger partial charge in [-0.3, -0.25) is 0 Å². The number of allylic oxidation sites excluding steroid dienone is 3. The van der Waals surface area contributed by atoms with Crippen LogP contribution in [0.25, 0.3) is 0 Å². The van der Waals surface area contributed by atoms with Gasteiger partial charge in [0, 0.05) is 0 Å². The van der Waals surface area contributed by atoms with E-state index in [1.54, 1.807) is 0 Å². The highest BCUT2D eigenvalue weighted by Crippen LogP contribution is 2.24. The lowest BCUT2D eigenvalue weighted by molar-refractivity contribution is 0.406. The molecule has 0 saturated heterocycles. The highest BCUT2D eigenvalue weighted by molar-refractivity contribution is 5.31. The van der Waals surface area contributed by atoms with Crippen LogP contribution in [0.2, 0.25) is 0 Å². The first-order valence-corrected chi connectivity index (χ1v) is 3.83. The van der Waals surface area contributed by atoms with Crippen LogP contribution >= 0.6 is 0 Å². The van der Waals surface area contributed by atoms with Gasteiger partial charge in [-0.05, 0) is 37.3 Å². The minimum Gasteiger partial charge on any atom is -0.508 e. The lowest BCUT2D eigenvalue weighted by atomic mass is 9.97. The fourth-order valence-electron chi connectivity index (χ4n) is 1.26. The van der Waals surface area contributed by atoms with Crippen molar-refractivity contribution in [3.63, 3.8) is 0 Å². The van der Waals surface area contributed by atoms with Crippen molar-refractivity contribution < 1.29 is 5.11 Å². The predicted molar refractivity (Wildman–Crippen MR) is 42.9 cm³/mol. The molecule has 0 amide bonds. The van der Waals surface area contributed by atoms with E-state index in [1.807, 2.05) is 6.92 Å². The largest absolute Gasteiger partial charge is 0.508 e. The van der Waals surface area contributed by atoms with Crippen molar-refractivity contribution >= 4 is 0 Å². The van der Waals surface area contributed by atoms with E-state index in [0.717, 1.165) is 30.4 Å². The third-order valence-corrected chi connectivity index (χ3v) is 2.00. The lowest BCUT2D eigenvalue weighted by Gasteiger charge is -2.13. The molecule has 0 fully saturated rings. The van der Waals surface area contributed by atoms with E-state index >= 15 is 0 Å². The van der Waals surface area contributed by atoms with Crippen LogP contribution in [0.3, 0.4) is 0 Å². The van der Waals surface area contributed by atoms with Gasteiger partial charge in [-0.25, -0.2) is 0 Å². The van der Waals surface area contributed by atoms with Crippen molar-refractivity contribution in [2.24, 2.45) is 0 Å². The molecule has 0 unspecified atom stereocenters. The Hall–Kier alpha value is -0.720. The van der Waals surface area contributed by atoms with Crippen LogP contribution < -0.4 is 0 Å². The molecule has 0 atom stereocenters. The molecule has 0 aliphatic heterocycles. The van der Waals surface area contributed by atoms with E-state index in [2.05, 4.69) is 13.0 Å². The Morgan fingerprint density at radius 1 is 1.60 bits per heavy atom. The van der Waals surface area contributed by atoms with Crippen LogP contribution in [0.4, 0.5) is 0 Å². The molecule has 0 heterocycles. The maximum atomic E-state index is 9.45. The monoisotopic (exact) mass is 138 g/mol. The summed E-state index contributed by atoms with van der Waals surface area (Å²) >= 11 is 0. The first-order chi connectivity index (χ1) is 4.75. The highest BCUT2D eigenvalue weighted by Gasteiger charge is 2.08. The first-order valence-electron chi connectivity index (χ1n) is 3.83. The molecule has 0 radical (unpaired) electrons. The van der Waals surface area contributed by atoms with E-state index in [1.165, 1.54) is 0 Å². The summed E-state index contributed by atoms with van der Waals surface area (Å²) in [5.74, 6) is 0.536. The second-order valence-corrected chi connectivity index (χ2v) is 2.75. The maximum Gasteiger partial charge on any atom is 0.117 e. The lowest BCUT2D eigenvalue weighted by Crippen LogP contribution is -1.97. The highest BCUT2D eigenvalue weighted by atomic mass is 16.3. The van der Waals surface area contributed by atoms with Crippen molar-refractivity contribution in [1.29, 1.82) is 0 Å². The molecule has 56 valence electrons. The van der Waals surface area contributed by atoms with E-state index in [-0.39, 0.29) is 0 Å². The van der Waals surface area contributed by atoms with E-state index in [9.17, 15) is 5.11 Å². The molecular formula is C9H14O. The summed E-state index contributed by atoms with van der Waals surface area (Å²) in [4.78, 5) is 0. The van der Waals surface area contributed by atoms with Gasteiger partial charge in [-0.1, -0.05) is 13.0 Å². The van der Waals surface area contributed by atoms with Gasteiger partial charge in [-0.15, -0.1) is 0 Å². The summed E-state index contributed by atoms with van der Waals surface area (Å²) in [6.07, 6.45) is 5.19. The van der Waals surface area contributed by atoms with Crippen LogP contribution in [0.1, 0.15) is 33.1 Å². The minimum absolute atomic E-state index is 0.536. The SMILES string of the molecule is CCC1=CCCC(C)=C1O. The molecule has 0 aromatic rings. The summed E-state index contributed by atoms with van der Waals surface area (Å²) < 4.78 is 0. The van der Waals surface area contributed by atoms with Crippen molar-refractivity contribution in [3.8, 4) is 0 Å². The number of hydrogen-bond donors (Lipinski definition) is 1. The second kappa shape index (κ2) is 2.91. The first kappa shape index (κ1) is 7.39. The number of aliphatic hydroxyl groups excluding tert-OH is 1. The van der Waals surface area contributed by atoms with Gasteiger partial charge in [-0.2, -0.15) is 0 Å². The molecule has 0 bridgehead atoms. The molecule has 0 aromatic heterocycles. The third-order valence-electron chi connectivity index (χ3n) is 2.00. The fourth-order valence-corrected chi connectivity index (χ4v) is 1.26. The van der Waals surface area contributed by atoms with Gasteiger partial charge < -0.3 is 5.11 Å². The molecule has 0 spiro atoms. The Bertz CT molecular complexity index is 187. The summed E-state index contributed by atoms with van der Waals surface area (Å²) in [5.41, 5.74) is 2.25. The van der Waals surface area contributed by atoms with Crippen LogP contribution in [0.5, 0.6) is 0 Å². The Kier molecular flexibility index (Phi) is 2.15. The topological polar surface area (TPSA) is 20.2 Å². The minimum atomic E-state index is 0.536. The van der Waals surface area contributed by atoms with Gasteiger partial charge in [0.05, 0.1) is 0 Å². The molecule has 1 N–H and O–H groups in total. The summed E-state index contributed by atoms with van der Waals surface area (Å²) in [7, 11) is 0. The summed E-state index contributed by atoms with van der Waals surface area (Å²) in [5, 5.41) is 9.45. The molecule has 0 aromatic carbocycles. The van der Waals surface area contributed by atoms with Crippen molar-refractivity contribution in [3.05, 3.63) is 23.0 Å². The van der Waals surface area contributed by atoms with Crippen molar-refractivity contribution in [2.75, 3.05) is 0 Å². The Morgan fingerprint density at radius 3 is 2.80 bits per heavy atom. The van der Waals surface area contributed by atoms with Crippen LogP contribution in [-0.2, 0) is 0 Å². The average molecular weight is 138 g/mol. The molecular weight excluding hydrogens is 124 g/mol. The van der Waals surface area contributed by atoms with Gasteiger partial charge in [0.25, 0.3) is 0 Å². The van der Waals surface area contributed by atoms with Gasteiger partial charge in [0.1, 0.15) is 5.76 Å². The number of rotatable bonds is 1. The third kappa shape index (κ3) is 1.23. The standard InChI is InChI=1S/C9H14O/c1-3-8-6-4-5-7(2)9(8)10/h6,10H,3-5H2,1-2H3. The van der Waals surface area contributed by atoms with E-state index < -0.39 is 0 Å². The zero-order valence-corrected chi connectivity index (χ0v) is 6.65.